The Morgan fingerprint density at radius 3 is 2.81 bits per heavy atom. The van der Waals surface area contributed by atoms with Crippen LogP contribution in [0.2, 0.25) is 0 Å². The molecule has 0 aliphatic rings. The highest BCUT2D eigenvalue weighted by molar-refractivity contribution is 7.91. The van der Waals surface area contributed by atoms with Gasteiger partial charge in [-0.05, 0) is 24.6 Å². The highest BCUT2D eigenvalue weighted by Crippen LogP contribution is 2.12. The van der Waals surface area contributed by atoms with Crippen LogP contribution in [0.3, 0.4) is 0 Å². The first kappa shape index (κ1) is 17.6. The molecular weight excluding hydrogens is 288 g/mol. The Morgan fingerprint density at radius 2 is 2.10 bits per heavy atom. The van der Waals surface area contributed by atoms with Crippen molar-refractivity contribution in [1.29, 1.82) is 5.26 Å². The summed E-state index contributed by atoms with van der Waals surface area (Å²) in [6.45, 7) is 4.45. The molecule has 0 bridgehead atoms. The smallest absolute Gasteiger partial charge is 0.179 e. The molecule has 0 aliphatic carbocycles. The van der Waals surface area contributed by atoms with Gasteiger partial charge in [0.1, 0.15) is 0 Å². The molecular formula is C15H22N2O3S. The van der Waals surface area contributed by atoms with E-state index in [1.54, 1.807) is 12.1 Å². The van der Waals surface area contributed by atoms with Crippen LogP contribution in [0.25, 0.3) is 0 Å². The molecule has 0 atom stereocenters. The van der Waals surface area contributed by atoms with Crippen LogP contribution in [-0.2, 0) is 14.6 Å². The first-order chi connectivity index (χ1) is 10.1. The van der Waals surface area contributed by atoms with Crippen molar-refractivity contribution in [3.8, 4) is 6.07 Å². The predicted octanol–water partition coefficient (Wildman–Crippen LogP) is 1.74. The van der Waals surface area contributed by atoms with Gasteiger partial charge in [0, 0.05) is 19.7 Å². The lowest BCUT2D eigenvalue weighted by Gasteiger charge is -2.07. The summed E-state index contributed by atoms with van der Waals surface area (Å²) in [7, 11) is -3.35. The number of unbranched alkanes of at least 4 members (excludes halogenated alkanes) is 1. The second-order valence-electron chi connectivity index (χ2n) is 4.67. The maximum absolute atomic E-state index is 12.1. The van der Waals surface area contributed by atoms with Gasteiger partial charge in [0.25, 0.3) is 0 Å². The van der Waals surface area contributed by atoms with Crippen LogP contribution in [-0.4, -0.2) is 40.5 Å². The molecule has 21 heavy (non-hydrogen) atoms. The van der Waals surface area contributed by atoms with Crippen molar-refractivity contribution in [2.75, 3.05) is 32.1 Å². The molecule has 0 unspecified atom stereocenters. The molecule has 0 amide bonds. The molecule has 0 saturated carbocycles. The van der Waals surface area contributed by atoms with Gasteiger partial charge in [0.2, 0.25) is 0 Å². The van der Waals surface area contributed by atoms with Gasteiger partial charge in [-0.1, -0.05) is 19.4 Å². The fourth-order valence-corrected chi connectivity index (χ4v) is 2.94. The second kappa shape index (κ2) is 9.50. The van der Waals surface area contributed by atoms with Gasteiger partial charge in [0.05, 0.1) is 28.9 Å². The van der Waals surface area contributed by atoms with Crippen LogP contribution >= 0.6 is 0 Å². The summed E-state index contributed by atoms with van der Waals surface area (Å²) in [5.74, 6) is 0.0108. The second-order valence-corrected chi connectivity index (χ2v) is 6.78. The quantitative estimate of drug-likeness (QED) is 0.666. The van der Waals surface area contributed by atoms with Crippen molar-refractivity contribution in [2.24, 2.45) is 0 Å². The minimum absolute atomic E-state index is 0.0108. The van der Waals surface area contributed by atoms with E-state index in [9.17, 15) is 8.42 Å². The number of benzene rings is 1. The van der Waals surface area contributed by atoms with Crippen molar-refractivity contribution in [3.05, 3.63) is 29.8 Å². The number of nitrogens with one attached hydrogen (secondary N) is 1. The number of nitriles is 1. The third kappa shape index (κ3) is 6.71. The van der Waals surface area contributed by atoms with Gasteiger partial charge in [-0.2, -0.15) is 5.26 Å². The van der Waals surface area contributed by atoms with E-state index in [2.05, 4.69) is 12.2 Å². The van der Waals surface area contributed by atoms with Crippen LogP contribution in [0.5, 0.6) is 0 Å². The first-order valence-corrected chi connectivity index (χ1v) is 8.76. The molecule has 1 rings (SSSR count). The lowest BCUT2D eigenvalue weighted by Crippen LogP contribution is -2.26. The zero-order valence-electron chi connectivity index (χ0n) is 12.3. The minimum Gasteiger partial charge on any atom is -0.380 e. The van der Waals surface area contributed by atoms with Crippen LogP contribution in [0.4, 0.5) is 0 Å². The minimum atomic E-state index is -3.35. The van der Waals surface area contributed by atoms with Crippen molar-refractivity contribution < 1.29 is 13.2 Å². The summed E-state index contributed by atoms with van der Waals surface area (Å²) in [6, 6.07) is 8.04. The number of sulfone groups is 1. The average Bonchev–Trinajstić information content (AvgIpc) is 2.50. The fraction of sp³-hybridized carbons (Fsp3) is 0.533. The Hall–Kier alpha value is -1.42. The molecule has 0 aliphatic heterocycles. The largest absolute Gasteiger partial charge is 0.380 e. The molecule has 1 N–H and O–H groups in total. The maximum atomic E-state index is 12.1. The highest BCUT2D eigenvalue weighted by Gasteiger charge is 2.14. The summed E-state index contributed by atoms with van der Waals surface area (Å²) in [5.41, 5.74) is 0.355. The van der Waals surface area contributed by atoms with Crippen LogP contribution in [0.1, 0.15) is 25.3 Å². The van der Waals surface area contributed by atoms with Gasteiger partial charge in [-0.25, -0.2) is 8.42 Å². The summed E-state index contributed by atoms with van der Waals surface area (Å²) in [6.07, 6.45) is 2.15. The van der Waals surface area contributed by atoms with Gasteiger partial charge in [-0.15, -0.1) is 0 Å². The fourth-order valence-electron chi connectivity index (χ4n) is 1.70. The van der Waals surface area contributed by atoms with Crippen molar-refractivity contribution in [2.45, 2.75) is 24.7 Å². The molecule has 0 aromatic heterocycles. The number of hydrogen-bond acceptors (Lipinski definition) is 5. The Morgan fingerprint density at radius 1 is 1.29 bits per heavy atom. The Kier molecular flexibility index (Phi) is 7.98. The number of ether oxygens (including phenoxy) is 1. The lowest BCUT2D eigenvalue weighted by atomic mass is 10.2. The Labute approximate surface area is 126 Å². The van der Waals surface area contributed by atoms with E-state index >= 15 is 0 Å². The summed E-state index contributed by atoms with van der Waals surface area (Å²) in [4.78, 5) is 0.197. The van der Waals surface area contributed by atoms with E-state index in [0.717, 1.165) is 19.4 Å². The zero-order valence-corrected chi connectivity index (χ0v) is 13.2. The van der Waals surface area contributed by atoms with E-state index in [0.29, 0.717) is 25.3 Å². The molecule has 116 valence electrons. The molecule has 0 spiro atoms. The summed E-state index contributed by atoms with van der Waals surface area (Å²) in [5, 5.41) is 11.8. The highest BCUT2D eigenvalue weighted by atomic mass is 32.2. The van der Waals surface area contributed by atoms with Crippen molar-refractivity contribution in [3.63, 3.8) is 0 Å². The lowest BCUT2D eigenvalue weighted by molar-refractivity contribution is 0.133. The molecule has 0 heterocycles. The van der Waals surface area contributed by atoms with Gasteiger partial charge in [-0.3, -0.25) is 0 Å². The topological polar surface area (TPSA) is 79.2 Å². The van der Waals surface area contributed by atoms with E-state index < -0.39 is 9.84 Å². The Bertz CT molecular complexity index is 565. The van der Waals surface area contributed by atoms with E-state index in [4.69, 9.17) is 10.00 Å². The van der Waals surface area contributed by atoms with Gasteiger partial charge < -0.3 is 10.1 Å². The maximum Gasteiger partial charge on any atom is 0.179 e. The Balaban J connectivity index is 2.32. The average molecular weight is 310 g/mol. The van der Waals surface area contributed by atoms with Crippen LogP contribution in [0.15, 0.2) is 29.2 Å². The summed E-state index contributed by atoms with van der Waals surface area (Å²) < 4.78 is 29.6. The molecule has 0 saturated heterocycles. The third-order valence-electron chi connectivity index (χ3n) is 2.94. The van der Waals surface area contributed by atoms with Crippen molar-refractivity contribution in [1.82, 2.24) is 5.32 Å². The molecule has 1 aromatic carbocycles. The SMILES string of the molecule is CCCCOCCNCCS(=O)(=O)c1cccc(C#N)c1. The number of rotatable bonds is 10. The monoisotopic (exact) mass is 310 g/mol. The number of hydrogen-bond donors (Lipinski definition) is 1. The normalized spacial score (nSPS) is 11.2. The van der Waals surface area contributed by atoms with Crippen LogP contribution < -0.4 is 5.32 Å². The number of nitrogens with zero attached hydrogens (tertiary/aromatic N) is 1. The molecule has 0 fully saturated rings. The summed E-state index contributed by atoms with van der Waals surface area (Å²) >= 11 is 0. The van der Waals surface area contributed by atoms with E-state index in [-0.39, 0.29) is 10.6 Å². The van der Waals surface area contributed by atoms with Gasteiger partial charge in [0.15, 0.2) is 9.84 Å². The van der Waals surface area contributed by atoms with E-state index in [1.165, 1.54) is 12.1 Å². The first-order valence-electron chi connectivity index (χ1n) is 7.11. The molecule has 5 nitrogen and oxygen atoms in total. The van der Waals surface area contributed by atoms with Crippen LogP contribution in [0, 0.1) is 11.3 Å². The molecule has 0 radical (unpaired) electrons. The van der Waals surface area contributed by atoms with Crippen molar-refractivity contribution >= 4 is 9.84 Å². The van der Waals surface area contributed by atoms with Gasteiger partial charge >= 0.3 is 0 Å². The predicted molar refractivity (Wildman–Crippen MR) is 81.8 cm³/mol. The molecule has 1 aromatic rings. The van der Waals surface area contributed by atoms with E-state index in [1.807, 2.05) is 6.07 Å². The third-order valence-corrected chi connectivity index (χ3v) is 4.65. The standard InChI is InChI=1S/C15H22N2O3S/c1-2-3-9-20-10-7-17-8-11-21(18,19)15-6-4-5-14(12-15)13-16/h4-6,12,17H,2-3,7-11H2,1H3. The zero-order chi connectivity index (χ0) is 15.6. The molecule has 6 heteroatoms.